The van der Waals surface area contributed by atoms with Gasteiger partial charge in [0, 0.05) is 17.1 Å². The van der Waals surface area contributed by atoms with Gasteiger partial charge >= 0.3 is 0 Å². The molecule has 0 amide bonds. The highest BCUT2D eigenvalue weighted by Crippen LogP contribution is 2.27. The van der Waals surface area contributed by atoms with Crippen LogP contribution in [0.5, 0.6) is 0 Å². The zero-order valence-corrected chi connectivity index (χ0v) is 13.4. The van der Waals surface area contributed by atoms with E-state index < -0.39 is 10.0 Å². The summed E-state index contributed by atoms with van der Waals surface area (Å²) in [7, 11) is -2.14. The molecule has 1 aromatic carbocycles. The predicted octanol–water partition coefficient (Wildman–Crippen LogP) is 2.43. The quantitative estimate of drug-likeness (QED) is 0.858. The third kappa shape index (κ3) is 3.20. The Kier molecular flexibility index (Phi) is 4.46. The first-order valence-corrected chi connectivity index (χ1v) is 8.02. The number of anilines is 1. The van der Waals surface area contributed by atoms with Crippen molar-refractivity contribution in [1.82, 2.24) is 9.97 Å². The van der Waals surface area contributed by atoms with E-state index in [-0.39, 0.29) is 5.03 Å². The second-order valence-corrected chi connectivity index (χ2v) is 6.64. The van der Waals surface area contributed by atoms with E-state index in [0.717, 1.165) is 10.0 Å². The predicted molar refractivity (Wildman–Crippen MR) is 79.0 cm³/mol. The Balaban J connectivity index is 2.37. The van der Waals surface area contributed by atoms with Crippen molar-refractivity contribution in [2.75, 3.05) is 11.8 Å². The van der Waals surface area contributed by atoms with Gasteiger partial charge in [0.05, 0.1) is 18.5 Å². The summed E-state index contributed by atoms with van der Waals surface area (Å²) >= 11 is 3.38. The van der Waals surface area contributed by atoms with Gasteiger partial charge in [0.2, 0.25) is 0 Å². The third-order valence-corrected chi connectivity index (χ3v) is 4.64. The lowest BCUT2D eigenvalue weighted by atomic mass is 10.2. The van der Waals surface area contributed by atoms with E-state index in [1.54, 1.807) is 26.2 Å². The highest BCUT2D eigenvalue weighted by atomic mass is 79.9. The number of rotatable bonds is 5. The lowest BCUT2D eigenvalue weighted by molar-refractivity contribution is 0.185. The van der Waals surface area contributed by atoms with E-state index >= 15 is 0 Å². The molecule has 0 saturated carbocycles. The minimum absolute atomic E-state index is 0.0262. The summed E-state index contributed by atoms with van der Waals surface area (Å²) in [6, 6.07) is 5.26. The summed E-state index contributed by atoms with van der Waals surface area (Å²) in [5, 5.41) is 0.0262. The van der Waals surface area contributed by atoms with Crippen molar-refractivity contribution < 1.29 is 13.2 Å². The molecule has 0 saturated heterocycles. The third-order valence-electron chi connectivity index (χ3n) is 2.62. The van der Waals surface area contributed by atoms with Gasteiger partial charge < -0.3 is 9.72 Å². The fraction of sp³-hybridized carbons (Fsp3) is 0.250. The maximum absolute atomic E-state index is 12.2. The highest BCUT2D eigenvalue weighted by molar-refractivity contribution is 9.10. The molecule has 0 aliphatic carbocycles. The van der Waals surface area contributed by atoms with Crippen molar-refractivity contribution in [3.8, 4) is 0 Å². The molecule has 0 unspecified atom stereocenters. The van der Waals surface area contributed by atoms with E-state index in [2.05, 4.69) is 30.6 Å². The normalized spacial score (nSPS) is 11.6. The van der Waals surface area contributed by atoms with Gasteiger partial charge in [0.25, 0.3) is 10.0 Å². The summed E-state index contributed by atoms with van der Waals surface area (Å²) in [4.78, 5) is 6.59. The average Bonchev–Trinajstić information content (AvgIpc) is 2.81. The van der Waals surface area contributed by atoms with Crippen molar-refractivity contribution in [3.05, 3.63) is 40.3 Å². The molecule has 0 fully saturated rings. The molecule has 2 rings (SSSR count). The van der Waals surface area contributed by atoms with E-state index in [0.29, 0.717) is 18.1 Å². The van der Waals surface area contributed by atoms with Crippen LogP contribution in [0.25, 0.3) is 0 Å². The molecule has 0 radical (unpaired) electrons. The fourth-order valence-electron chi connectivity index (χ4n) is 1.68. The Hall–Kier alpha value is -1.38. The SMILES string of the molecule is COCc1c(Br)cccc1NS(=O)(=O)c1cnc(C)[nH]1. The number of sulfonamides is 1. The number of aromatic nitrogens is 2. The van der Waals surface area contributed by atoms with Crippen LogP contribution < -0.4 is 4.72 Å². The smallest absolute Gasteiger partial charge is 0.278 e. The molecule has 0 spiro atoms. The van der Waals surface area contributed by atoms with E-state index in [1.165, 1.54) is 6.20 Å². The summed E-state index contributed by atoms with van der Waals surface area (Å²) in [5.41, 5.74) is 1.20. The number of hydrogen-bond donors (Lipinski definition) is 2. The average molecular weight is 360 g/mol. The molecule has 2 N–H and O–H groups in total. The number of hydrogen-bond acceptors (Lipinski definition) is 4. The maximum Gasteiger partial charge on any atom is 0.278 e. The molecular weight excluding hydrogens is 346 g/mol. The van der Waals surface area contributed by atoms with Gasteiger partial charge in [-0.2, -0.15) is 8.42 Å². The second kappa shape index (κ2) is 5.94. The van der Waals surface area contributed by atoms with Crippen LogP contribution in [0.3, 0.4) is 0 Å². The molecule has 1 aromatic heterocycles. The van der Waals surface area contributed by atoms with Crippen LogP contribution in [-0.4, -0.2) is 25.5 Å². The first kappa shape index (κ1) is 15.0. The number of nitrogens with zero attached hydrogens (tertiary/aromatic N) is 1. The summed E-state index contributed by atoms with van der Waals surface area (Å²) in [6.07, 6.45) is 1.28. The van der Waals surface area contributed by atoms with Crippen molar-refractivity contribution in [3.63, 3.8) is 0 Å². The molecule has 8 heteroatoms. The Bertz CT molecular complexity index is 712. The van der Waals surface area contributed by atoms with Crippen LogP contribution in [0.4, 0.5) is 5.69 Å². The van der Waals surface area contributed by atoms with Crippen LogP contribution in [0.1, 0.15) is 11.4 Å². The Morgan fingerprint density at radius 1 is 1.45 bits per heavy atom. The zero-order chi connectivity index (χ0) is 14.8. The molecule has 6 nitrogen and oxygen atoms in total. The Labute approximate surface area is 125 Å². The van der Waals surface area contributed by atoms with E-state index in [9.17, 15) is 8.42 Å². The van der Waals surface area contributed by atoms with Crippen LogP contribution >= 0.6 is 15.9 Å². The topological polar surface area (TPSA) is 84.1 Å². The molecule has 2 aromatic rings. The number of aryl methyl sites for hydroxylation is 1. The first-order chi connectivity index (χ1) is 9.44. The van der Waals surface area contributed by atoms with Crippen LogP contribution in [0.15, 0.2) is 33.9 Å². The molecule has 0 atom stereocenters. The molecule has 0 aliphatic rings. The number of nitrogens with one attached hydrogen (secondary N) is 2. The number of imidazole rings is 1. The lowest BCUT2D eigenvalue weighted by Crippen LogP contribution is -2.15. The van der Waals surface area contributed by atoms with Gasteiger partial charge in [0.15, 0.2) is 5.03 Å². The minimum atomic E-state index is -3.69. The molecule has 0 aliphatic heterocycles. The van der Waals surface area contributed by atoms with Crippen molar-refractivity contribution in [1.29, 1.82) is 0 Å². The second-order valence-electron chi connectivity index (χ2n) is 4.14. The number of aromatic amines is 1. The number of methoxy groups -OCH3 is 1. The van der Waals surface area contributed by atoms with Gasteiger partial charge in [0.1, 0.15) is 5.82 Å². The van der Waals surface area contributed by atoms with E-state index in [1.807, 2.05) is 6.07 Å². The number of ether oxygens (including phenoxy) is 1. The standard InChI is InChI=1S/C12H14BrN3O3S/c1-8-14-6-12(15-8)20(17,18)16-11-5-3-4-10(13)9(11)7-19-2/h3-6,16H,7H2,1-2H3,(H,14,15). The van der Waals surface area contributed by atoms with Gasteiger partial charge in [-0.25, -0.2) is 4.98 Å². The summed E-state index contributed by atoms with van der Waals surface area (Å²) < 4.78 is 32.9. The molecular formula is C12H14BrN3O3S. The van der Waals surface area contributed by atoms with Crippen molar-refractivity contribution in [2.45, 2.75) is 18.6 Å². The Morgan fingerprint density at radius 3 is 2.80 bits per heavy atom. The fourth-order valence-corrected chi connectivity index (χ4v) is 3.22. The largest absolute Gasteiger partial charge is 0.380 e. The van der Waals surface area contributed by atoms with Gasteiger partial charge in [-0.1, -0.05) is 22.0 Å². The van der Waals surface area contributed by atoms with Crippen LogP contribution in [-0.2, 0) is 21.4 Å². The van der Waals surface area contributed by atoms with Gasteiger partial charge in [-0.15, -0.1) is 0 Å². The van der Waals surface area contributed by atoms with Crippen LogP contribution in [0, 0.1) is 6.92 Å². The molecule has 0 bridgehead atoms. The van der Waals surface area contributed by atoms with Gasteiger partial charge in [-0.3, -0.25) is 4.72 Å². The lowest BCUT2D eigenvalue weighted by Gasteiger charge is -2.12. The Morgan fingerprint density at radius 2 is 2.20 bits per heavy atom. The van der Waals surface area contributed by atoms with Crippen molar-refractivity contribution >= 4 is 31.6 Å². The number of benzene rings is 1. The molecule has 1 heterocycles. The zero-order valence-electron chi connectivity index (χ0n) is 11.0. The summed E-state index contributed by atoms with van der Waals surface area (Å²) in [6.45, 7) is 1.98. The summed E-state index contributed by atoms with van der Waals surface area (Å²) in [5.74, 6) is 0.539. The monoisotopic (exact) mass is 359 g/mol. The number of H-pyrrole nitrogens is 1. The van der Waals surface area contributed by atoms with Crippen LogP contribution in [0.2, 0.25) is 0 Å². The van der Waals surface area contributed by atoms with Gasteiger partial charge in [-0.05, 0) is 19.1 Å². The molecule has 20 heavy (non-hydrogen) atoms. The van der Waals surface area contributed by atoms with E-state index in [4.69, 9.17) is 4.74 Å². The minimum Gasteiger partial charge on any atom is -0.380 e. The first-order valence-electron chi connectivity index (χ1n) is 5.75. The number of halogens is 1. The highest BCUT2D eigenvalue weighted by Gasteiger charge is 2.19. The molecule has 108 valence electrons. The maximum atomic E-state index is 12.2. The van der Waals surface area contributed by atoms with Crippen molar-refractivity contribution in [2.24, 2.45) is 0 Å².